The molecule has 2 heterocycles. The fraction of sp³-hybridized carbons (Fsp3) is 0.588. The van der Waals surface area contributed by atoms with Crippen molar-refractivity contribution in [1.29, 1.82) is 0 Å². The standard InChI is InChI=1S/C17H23FN2O2/c18-13-6-2-1-5-12(13)16-11-14-15(20(16)9-10-21)7-3-4-8-17(22)19-14/h1-2,5-6,14-16,21H,3-4,7-11H2,(H,19,22)/t14-,15+,16+/m1/s1. The van der Waals surface area contributed by atoms with E-state index in [4.69, 9.17) is 0 Å². The Hall–Kier alpha value is -1.46. The summed E-state index contributed by atoms with van der Waals surface area (Å²) in [6.07, 6.45) is 4.16. The minimum atomic E-state index is -0.212. The molecule has 0 spiro atoms. The lowest BCUT2D eigenvalue weighted by atomic mass is 9.97. The number of halogens is 1. The first-order chi connectivity index (χ1) is 10.7. The van der Waals surface area contributed by atoms with Crippen molar-refractivity contribution in [3.63, 3.8) is 0 Å². The Balaban J connectivity index is 1.89. The zero-order valence-electron chi connectivity index (χ0n) is 12.7. The summed E-state index contributed by atoms with van der Waals surface area (Å²) in [5.74, 6) is -0.121. The summed E-state index contributed by atoms with van der Waals surface area (Å²) >= 11 is 0. The van der Waals surface area contributed by atoms with Crippen LogP contribution in [0.2, 0.25) is 0 Å². The predicted octanol–water partition coefficient (Wildman–Crippen LogP) is 1.99. The largest absolute Gasteiger partial charge is 0.395 e. The minimum Gasteiger partial charge on any atom is -0.395 e. The van der Waals surface area contributed by atoms with Gasteiger partial charge in [0, 0.05) is 36.7 Å². The number of carbonyl (C=O) groups is 1. The minimum absolute atomic E-state index is 0.0438. The van der Waals surface area contributed by atoms with E-state index in [0.717, 1.165) is 19.3 Å². The van der Waals surface area contributed by atoms with Gasteiger partial charge in [-0.05, 0) is 25.3 Å². The molecule has 1 aromatic carbocycles. The third-order valence-corrected chi connectivity index (χ3v) is 4.89. The van der Waals surface area contributed by atoms with E-state index in [0.29, 0.717) is 24.9 Å². The number of hydrogen-bond acceptors (Lipinski definition) is 3. The average Bonchev–Trinajstić information content (AvgIpc) is 2.79. The van der Waals surface area contributed by atoms with Gasteiger partial charge in [-0.25, -0.2) is 4.39 Å². The van der Waals surface area contributed by atoms with Crippen molar-refractivity contribution in [1.82, 2.24) is 10.2 Å². The van der Waals surface area contributed by atoms with E-state index < -0.39 is 0 Å². The Morgan fingerprint density at radius 3 is 2.91 bits per heavy atom. The molecule has 4 nitrogen and oxygen atoms in total. The molecule has 0 saturated carbocycles. The number of fused-ring (bicyclic) bond motifs is 1. The maximum atomic E-state index is 14.2. The number of amides is 1. The SMILES string of the molecule is O=C1CCCC[C@H]2[C@@H](C[C@@H](c3ccccc3F)N2CCO)N1. The summed E-state index contributed by atoms with van der Waals surface area (Å²) in [6, 6.07) is 6.96. The molecule has 120 valence electrons. The van der Waals surface area contributed by atoms with Gasteiger partial charge in [0.1, 0.15) is 5.82 Å². The van der Waals surface area contributed by atoms with E-state index in [1.54, 1.807) is 6.07 Å². The molecule has 3 atom stereocenters. The van der Waals surface area contributed by atoms with Crippen LogP contribution in [-0.4, -0.2) is 41.1 Å². The lowest BCUT2D eigenvalue weighted by Crippen LogP contribution is -2.46. The molecule has 22 heavy (non-hydrogen) atoms. The Labute approximate surface area is 130 Å². The van der Waals surface area contributed by atoms with Gasteiger partial charge in [-0.1, -0.05) is 24.6 Å². The first-order valence-electron chi connectivity index (χ1n) is 8.11. The molecule has 1 aromatic rings. The molecule has 3 rings (SSSR count). The molecule has 2 saturated heterocycles. The summed E-state index contributed by atoms with van der Waals surface area (Å²) < 4.78 is 14.2. The summed E-state index contributed by atoms with van der Waals surface area (Å²) in [5, 5.41) is 12.5. The van der Waals surface area contributed by atoms with E-state index >= 15 is 0 Å². The molecular weight excluding hydrogens is 283 g/mol. The molecule has 0 radical (unpaired) electrons. The van der Waals surface area contributed by atoms with Gasteiger partial charge < -0.3 is 10.4 Å². The molecule has 2 aliphatic heterocycles. The number of aliphatic hydroxyl groups excluding tert-OH is 1. The van der Waals surface area contributed by atoms with E-state index in [-0.39, 0.29) is 36.5 Å². The molecule has 5 heteroatoms. The second kappa shape index (κ2) is 6.75. The number of benzene rings is 1. The fourth-order valence-electron chi connectivity index (χ4n) is 3.92. The van der Waals surface area contributed by atoms with Crippen LogP contribution in [0.5, 0.6) is 0 Å². The van der Waals surface area contributed by atoms with Gasteiger partial charge in [-0.2, -0.15) is 0 Å². The van der Waals surface area contributed by atoms with Crippen molar-refractivity contribution in [2.45, 2.75) is 50.2 Å². The second-order valence-electron chi connectivity index (χ2n) is 6.22. The molecule has 0 aromatic heterocycles. The number of nitrogens with one attached hydrogen (secondary N) is 1. The second-order valence-corrected chi connectivity index (χ2v) is 6.22. The van der Waals surface area contributed by atoms with Crippen LogP contribution in [0.3, 0.4) is 0 Å². The Morgan fingerprint density at radius 2 is 2.14 bits per heavy atom. The average molecular weight is 306 g/mol. The number of likely N-dealkylation sites (tertiary alicyclic amines) is 1. The number of β-amino-alcohol motifs (C(OH)–C–C–N with tert-alkyl or cyclic N) is 1. The van der Waals surface area contributed by atoms with Crippen molar-refractivity contribution >= 4 is 5.91 Å². The van der Waals surface area contributed by atoms with E-state index in [1.807, 2.05) is 12.1 Å². The van der Waals surface area contributed by atoms with Gasteiger partial charge in [-0.3, -0.25) is 9.69 Å². The summed E-state index contributed by atoms with van der Waals surface area (Å²) in [5.41, 5.74) is 0.664. The summed E-state index contributed by atoms with van der Waals surface area (Å²) in [7, 11) is 0. The van der Waals surface area contributed by atoms with Crippen LogP contribution in [0.4, 0.5) is 4.39 Å². The maximum Gasteiger partial charge on any atom is 0.220 e. The lowest BCUT2D eigenvalue weighted by molar-refractivity contribution is -0.122. The topological polar surface area (TPSA) is 52.6 Å². The van der Waals surface area contributed by atoms with Crippen LogP contribution in [-0.2, 0) is 4.79 Å². The van der Waals surface area contributed by atoms with Gasteiger partial charge in [0.15, 0.2) is 0 Å². The zero-order valence-corrected chi connectivity index (χ0v) is 12.7. The molecule has 0 aliphatic carbocycles. The van der Waals surface area contributed by atoms with Crippen LogP contribution in [0.1, 0.15) is 43.7 Å². The van der Waals surface area contributed by atoms with Gasteiger partial charge >= 0.3 is 0 Å². The van der Waals surface area contributed by atoms with Crippen molar-refractivity contribution in [3.8, 4) is 0 Å². The highest BCUT2D eigenvalue weighted by Crippen LogP contribution is 2.39. The quantitative estimate of drug-likeness (QED) is 0.898. The smallest absolute Gasteiger partial charge is 0.220 e. The third kappa shape index (κ3) is 3.01. The zero-order chi connectivity index (χ0) is 15.5. The maximum absolute atomic E-state index is 14.2. The fourth-order valence-corrected chi connectivity index (χ4v) is 3.92. The first kappa shape index (κ1) is 15.4. The predicted molar refractivity (Wildman–Crippen MR) is 81.7 cm³/mol. The van der Waals surface area contributed by atoms with E-state index in [9.17, 15) is 14.3 Å². The number of rotatable bonds is 3. The molecule has 2 fully saturated rings. The highest BCUT2D eigenvalue weighted by molar-refractivity contribution is 5.76. The van der Waals surface area contributed by atoms with Crippen LogP contribution in [0.25, 0.3) is 0 Å². The van der Waals surface area contributed by atoms with Crippen molar-refractivity contribution in [2.75, 3.05) is 13.2 Å². The van der Waals surface area contributed by atoms with Crippen LogP contribution >= 0.6 is 0 Å². The highest BCUT2D eigenvalue weighted by Gasteiger charge is 2.42. The van der Waals surface area contributed by atoms with Crippen LogP contribution in [0, 0.1) is 5.82 Å². The highest BCUT2D eigenvalue weighted by atomic mass is 19.1. The number of carbonyl (C=O) groups excluding carboxylic acids is 1. The van der Waals surface area contributed by atoms with Gasteiger partial charge in [0.05, 0.1) is 6.61 Å². The first-order valence-corrected chi connectivity index (χ1v) is 8.11. The Morgan fingerprint density at radius 1 is 1.32 bits per heavy atom. The molecule has 2 N–H and O–H groups in total. The van der Waals surface area contributed by atoms with Crippen LogP contribution in [0.15, 0.2) is 24.3 Å². The van der Waals surface area contributed by atoms with Crippen molar-refractivity contribution in [3.05, 3.63) is 35.6 Å². The normalized spacial score (nSPS) is 29.5. The third-order valence-electron chi connectivity index (χ3n) is 4.89. The monoisotopic (exact) mass is 306 g/mol. The summed E-state index contributed by atoms with van der Waals surface area (Å²) in [4.78, 5) is 14.1. The molecule has 2 aliphatic rings. The van der Waals surface area contributed by atoms with Gasteiger partial charge in [0.2, 0.25) is 5.91 Å². The number of hydrogen-bond donors (Lipinski definition) is 2. The van der Waals surface area contributed by atoms with E-state index in [2.05, 4.69) is 10.2 Å². The molecular formula is C17H23FN2O2. The van der Waals surface area contributed by atoms with Crippen molar-refractivity contribution in [2.24, 2.45) is 0 Å². The van der Waals surface area contributed by atoms with Crippen molar-refractivity contribution < 1.29 is 14.3 Å². The lowest BCUT2D eigenvalue weighted by Gasteiger charge is -2.32. The Kier molecular flexibility index (Phi) is 4.74. The van der Waals surface area contributed by atoms with Gasteiger partial charge in [-0.15, -0.1) is 0 Å². The van der Waals surface area contributed by atoms with Gasteiger partial charge in [0.25, 0.3) is 0 Å². The Bertz CT molecular complexity index is 537. The molecule has 0 bridgehead atoms. The number of nitrogens with zero attached hydrogens (tertiary/aromatic N) is 1. The summed E-state index contributed by atoms with van der Waals surface area (Å²) in [6.45, 7) is 0.554. The molecule has 0 unspecified atom stereocenters. The van der Waals surface area contributed by atoms with E-state index in [1.165, 1.54) is 6.07 Å². The molecule has 1 amide bonds. The van der Waals surface area contributed by atoms with Crippen LogP contribution < -0.4 is 5.32 Å². The number of aliphatic hydroxyl groups is 1.